The summed E-state index contributed by atoms with van der Waals surface area (Å²) in [6.45, 7) is 2.71. The Labute approximate surface area is 120 Å². The number of rotatable bonds is 6. The monoisotopic (exact) mass is 295 g/mol. The molecule has 0 aliphatic heterocycles. The molecule has 0 atom stereocenters. The van der Waals surface area contributed by atoms with E-state index in [1.165, 1.54) is 12.1 Å². The van der Waals surface area contributed by atoms with Gasteiger partial charge in [0.15, 0.2) is 0 Å². The van der Waals surface area contributed by atoms with Crippen LogP contribution in [-0.2, 0) is 19.5 Å². The van der Waals surface area contributed by atoms with Gasteiger partial charge in [0.1, 0.15) is 5.76 Å². The molecule has 6 nitrogen and oxygen atoms in total. The van der Waals surface area contributed by atoms with Crippen molar-refractivity contribution in [1.29, 1.82) is 0 Å². The molecule has 1 aromatic heterocycles. The van der Waals surface area contributed by atoms with E-state index in [2.05, 4.69) is 10.3 Å². The van der Waals surface area contributed by atoms with E-state index in [1.807, 2.05) is 6.92 Å². The van der Waals surface area contributed by atoms with E-state index in [4.69, 9.17) is 16.0 Å². The van der Waals surface area contributed by atoms with Crippen LogP contribution in [0.2, 0.25) is 5.02 Å². The van der Waals surface area contributed by atoms with Gasteiger partial charge in [-0.25, -0.2) is 4.98 Å². The van der Waals surface area contributed by atoms with Crippen molar-refractivity contribution in [2.45, 2.75) is 26.4 Å². The lowest BCUT2D eigenvalue weighted by atomic mass is 10.2. The summed E-state index contributed by atoms with van der Waals surface area (Å²) in [6.07, 6.45) is 2.46. The molecule has 0 unspecified atom stereocenters. The Kier molecular flexibility index (Phi) is 4.70. The molecule has 7 heteroatoms. The zero-order valence-corrected chi connectivity index (χ0v) is 11.7. The summed E-state index contributed by atoms with van der Waals surface area (Å²) in [5, 5.41) is 14.4. The molecule has 1 heterocycles. The van der Waals surface area contributed by atoms with Crippen LogP contribution in [-0.4, -0.2) is 9.91 Å². The van der Waals surface area contributed by atoms with E-state index in [0.29, 0.717) is 29.6 Å². The number of nitrogens with one attached hydrogen (secondary N) is 1. The maximum atomic E-state index is 10.9. The first-order valence-electron chi connectivity index (χ1n) is 6.17. The molecule has 0 aliphatic rings. The Balaban J connectivity index is 2.00. The Bertz CT molecular complexity index is 613. The number of aryl methyl sites for hydroxylation is 1. The molecule has 2 aromatic rings. The minimum Gasteiger partial charge on any atom is -0.444 e. The summed E-state index contributed by atoms with van der Waals surface area (Å²) in [7, 11) is 0. The molecule has 20 heavy (non-hydrogen) atoms. The van der Waals surface area contributed by atoms with Crippen LogP contribution < -0.4 is 5.32 Å². The highest BCUT2D eigenvalue weighted by Crippen LogP contribution is 2.22. The van der Waals surface area contributed by atoms with Gasteiger partial charge in [-0.15, -0.1) is 0 Å². The quantitative estimate of drug-likeness (QED) is 0.654. The highest BCUT2D eigenvalue weighted by atomic mass is 35.5. The van der Waals surface area contributed by atoms with Gasteiger partial charge in [-0.2, -0.15) is 0 Å². The zero-order chi connectivity index (χ0) is 14.5. The smallest absolute Gasteiger partial charge is 0.273 e. The molecule has 0 spiro atoms. The molecule has 2 rings (SSSR count). The number of aromatic nitrogens is 1. The van der Waals surface area contributed by atoms with Crippen molar-refractivity contribution in [3.8, 4) is 0 Å². The van der Waals surface area contributed by atoms with E-state index >= 15 is 0 Å². The largest absolute Gasteiger partial charge is 0.444 e. The highest BCUT2D eigenvalue weighted by molar-refractivity contribution is 6.30. The number of hydrogen-bond donors (Lipinski definition) is 1. The fourth-order valence-electron chi connectivity index (χ4n) is 1.77. The molecule has 1 aromatic carbocycles. The average Bonchev–Trinajstić information content (AvgIpc) is 2.86. The predicted molar refractivity (Wildman–Crippen MR) is 74.5 cm³/mol. The SMILES string of the molecule is CCc1cnc(CNCc2cc(Cl)ccc2[N+](=O)[O-])o1. The van der Waals surface area contributed by atoms with Gasteiger partial charge in [0, 0.05) is 29.6 Å². The van der Waals surface area contributed by atoms with Crippen LogP contribution in [0.4, 0.5) is 5.69 Å². The van der Waals surface area contributed by atoms with E-state index in [9.17, 15) is 10.1 Å². The van der Waals surface area contributed by atoms with E-state index in [0.717, 1.165) is 12.2 Å². The van der Waals surface area contributed by atoms with Gasteiger partial charge in [0.2, 0.25) is 5.89 Å². The molecule has 0 saturated carbocycles. The minimum absolute atomic E-state index is 0.0450. The second-order valence-electron chi connectivity index (χ2n) is 4.21. The van der Waals surface area contributed by atoms with Crippen molar-refractivity contribution < 1.29 is 9.34 Å². The van der Waals surface area contributed by atoms with E-state index in [-0.39, 0.29) is 5.69 Å². The van der Waals surface area contributed by atoms with Crippen LogP contribution in [0.25, 0.3) is 0 Å². The van der Waals surface area contributed by atoms with Crippen LogP contribution in [0.3, 0.4) is 0 Å². The average molecular weight is 296 g/mol. The Morgan fingerprint density at radius 2 is 2.25 bits per heavy atom. The number of nitrogens with zero attached hydrogens (tertiary/aromatic N) is 2. The third kappa shape index (κ3) is 3.55. The molecular weight excluding hydrogens is 282 g/mol. The topological polar surface area (TPSA) is 81.2 Å². The molecule has 0 amide bonds. The summed E-state index contributed by atoms with van der Waals surface area (Å²) >= 11 is 5.86. The second kappa shape index (κ2) is 6.49. The predicted octanol–water partition coefficient (Wildman–Crippen LogP) is 3.09. The van der Waals surface area contributed by atoms with E-state index < -0.39 is 4.92 Å². The van der Waals surface area contributed by atoms with Crippen LogP contribution in [0, 0.1) is 10.1 Å². The summed E-state index contributed by atoms with van der Waals surface area (Å²) in [4.78, 5) is 14.6. The summed E-state index contributed by atoms with van der Waals surface area (Å²) in [5.74, 6) is 1.38. The first-order chi connectivity index (χ1) is 9.60. The molecule has 0 fully saturated rings. The molecule has 0 aliphatic carbocycles. The lowest BCUT2D eigenvalue weighted by Crippen LogP contribution is -2.14. The highest BCUT2D eigenvalue weighted by Gasteiger charge is 2.13. The number of oxazole rings is 1. The third-order valence-electron chi connectivity index (χ3n) is 2.78. The molecule has 106 valence electrons. The Morgan fingerprint density at radius 3 is 2.90 bits per heavy atom. The van der Waals surface area contributed by atoms with Crippen molar-refractivity contribution in [3.05, 3.63) is 56.7 Å². The van der Waals surface area contributed by atoms with Crippen molar-refractivity contribution in [3.63, 3.8) is 0 Å². The first-order valence-corrected chi connectivity index (χ1v) is 6.55. The summed E-state index contributed by atoms with van der Waals surface area (Å²) in [6, 6.07) is 4.49. The minimum atomic E-state index is -0.423. The summed E-state index contributed by atoms with van der Waals surface area (Å²) < 4.78 is 5.44. The molecule has 0 radical (unpaired) electrons. The van der Waals surface area contributed by atoms with Crippen molar-refractivity contribution in [2.24, 2.45) is 0 Å². The van der Waals surface area contributed by atoms with Gasteiger partial charge in [-0.1, -0.05) is 18.5 Å². The molecular formula is C13H14ClN3O3. The van der Waals surface area contributed by atoms with Crippen molar-refractivity contribution in [1.82, 2.24) is 10.3 Å². The Hall–Kier alpha value is -1.92. The summed E-state index contributed by atoms with van der Waals surface area (Å²) in [5.41, 5.74) is 0.577. The van der Waals surface area contributed by atoms with E-state index in [1.54, 1.807) is 12.3 Å². The normalized spacial score (nSPS) is 10.7. The number of nitro groups is 1. The fourth-order valence-corrected chi connectivity index (χ4v) is 1.97. The standard InChI is InChI=1S/C13H14ClN3O3/c1-2-11-7-16-13(20-11)8-15-6-9-5-10(14)3-4-12(9)17(18)19/h3-5,7,15H,2,6,8H2,1H3. The second-order valence-corrected chi connectivity index (χ2v) is 4.64. The van der Waals surface area contributed by atoms with Crippen LogP contribution >= 0.6 is 11.6 Å². The van der Waals surface area contributed by atoms with Crippen LogP contribution in [0.5, 0.6) is 0 Å². The number of nitro benzene ring substituents is 1. The lowest BCUT2D eigenvalue weighted by molar-refractivity contribution is -0.385. The maximum absolute atomic E-state index is 10.9. The maximum Gasteiger partial charge on any atom is 0.273 e. The van der Waals surface area contributed by atoms with Gasteiger partial charge < -0.3 is 9.73 Å². The third-order valence-corrected chi connectivity index (χ3v) is 3.01. The molecule has 0 bridgehead atoms. The molecule has 0 saturated heterocycles. The van der Waals surface area contributed by atoms with Gasteiger partial charge in [0.25, 0.3) is 5.69 Å². The van der Waals surface area contributed by atoms with Gasteiger partial charge in [-0.05, 0) is 12.1 Å². The van der Waals surface area contributed by atoms with Gasteiger partial charge in [0.05, 0.1) is 17.7 Å². The lowest BCUT2D eigenvalue weighted by Gasteiger charge is -2.04. The van der Waals surface area contributed by atoms with Crippen LogP contribution in [0.15, 0.2) is 28.8 Å². The van der Waals surface area contributed by atoms with Crippen molar-refractivity contribution >= 4 is 17.3 Å². The zero-order valence-electron chi connectivity index (χ0n) is 10.9. The van der Waals surface area contributed by atoms with Gasteiger partial charge in [-0.3, -0.25) is 10.1 Å². The van der Waals surface area contributed by atoms with Gasteiger partial charge >= 0.3 is 0 Å². The number of hydrogen-bond acceptors (Lipinski definition) is 5. The fraction of sp³-hybridized carbons (Fsp3) is 0.308. The first kappa shape index (κ1) is 14.5. The Morgan fingerprint density at radius 1 is 1.45 bits per heavy atom. The number of halogens is 1. The van der Waals surface area contributed by atoms with Crippen LogP contribution in [0.1, 0.15) is 24.1 Å². The molecule has 1 N–H and O–H groups in total. The number of benzene rings is 1. The van der Waals surface area contributed by atoms with Crippen molar-refractivity contribution in [2.75, 3.05) is 0 Å².